The van der Waals surface area contributed by atoms with Gasteiger partial charge in [-0.25, -0.2) is 4.79 Å². The van der Waals surface area contributed by atoms with Crippen molar-refractivity contribution in [2.45, 2.75) is 81.1 Å². The lowest BCUT2D eigenvalue weighted by atomic mass is 10.0. The highest BCUT2D eigenvalue weighted by atomic mass is 16.1. The van der Waals surface area contributed by atoms with Crippen molar-refractivity contribution in [2.24, 2.45) is 5.92 Å². The molecule has 0 bridgehead atoms. The van der Waals surface area contributed by atoms with Crippen LogP contribution >= 0.6 is 0 Å². The fourth-order valence-corrected chi connectivity index (χ4v) is 1.67. The van der Waals surface area contributed by atoms with E-state index in [1.54, 1.807) is 12.2 Å². The topological polar surface area (TPSA) is 17.1 Å². The van der Waals surface area contributed by atoms with E-state index < -0.39 is 0 Å². The maximum atomic E-state index is 8.57. The lowest BCUT2D eigenvalue weighted by molar-refractivity contribution is 0.569. The van der Waals surface area contributed by atoms with Gasteiger partial charge in [-0.05, 0) is 39.2 Å². The summed E-state index contributed by atoms with van der Waals surface area (Å²) in [6.07, 6.45) is 11.1. The molecule has 1 fully saturated rings. The highest BCUT2D eigenvalue weighted by Crippen LogP contribution is 2.29. The Labute approximate surface area is 154 Å². The average molecular weight is 337 g/mol. The van der Waals surface area contributed by atoms with Crippen LogP contribution in [0.2, 0.25) is 0 Å². The molecule has 1 aliphatic rings. The maximum Gasteiger partial charge on any atom is 0.116 e. The normalized spacial score (nSPS) is 11.4. The van der Waals surface area contributed by atoms with E-state index in [0.29, 0.717) is 0 Å². The molecule has 0 heterocycles. The molecule has 1 heteroatoms. The van der Waals surface area contributed by atoms with Crippen molar-refractivity contribution in [3.05, 3.63) is 55.7 Å². The van der Waals surface area contributed by atoms with Crippen LogP contribution in [0.3, 0.4) is 0 Å². The first-order chi connectivity index (χ1) is 11.5. The Hall–Kier alpha value is -1.59. The van der Waals surface area contributed by atoms with Crippen LogP contribution in [0.25, 0.3) is 0 Å². The summed E-state index contributed by atoms with van der Waals surface area (Å²) in [6.45, 7) is 29.8. The molecule has 0 aromatic heterocycles. The summed E-state index contributed by atoms with van der Waals surface area (Å²) < 4.78 is 0. The van der Waals surface area contributed by atoms with Crippen LogP contribution in [0.4, 0.5) is 0 Å². The van der Waals surface area contributed by atoms with Gasteiger partial charge in [0.2, 0.25) is 0 Å². The third-order valence-corrected chi connectivity index (χ3v) is 2.75. The lowest BCUT2D eigenvalue weighted by Gasteiger charge is -2.05. The van der Waals surface area contributed by atoms with Gasteiger partial charge in [0.05, 0.1) is 0 Å². The monoisotopic (exact) mass is 336 g/mol. The number of hydrogen-bond acceptors (Lipinski definition) is 1. The second-order valence-electron chi connectivity index (χ2n) is 4.32. The highest BCUT2D eigenvalue weighted by Gasteiger charge is 2.14. The van der Waals surface area contributed by atoms with Crippen LogP contribution in [0.5, 0.6) is 0 Å². The molecule has 0 unspecified atom stereocenters. The smallest absolute Gasteiger partial charge is 0.116 e. The van der Waals surface area contributed by atoms with E-state index in [1.807, 2.05) is 54.5 Å². The molecule has 0 atom stereocenters. The Morgan fingerprint density at radius 1 is 0.958 bits per heavy atom. The van der Waals surface area contributed by atoms with Crippen LogP contribution in [-0.4, -0.2) is 5.94 Å². The first-order valence-electron chi connectivity index (χ1n) is 9.24. The average Bonchev–Trinajstić information content (AvgIpc) is 3.17. The van der Waals surface area contributed by atoms with Gasteiger partial charge in [0.1, 0.15) is 5.94 Å². The molecule has 0 N–H and O–H groups in total. The van der Waals surface area contributed by atoms with Gasteiger partial charge in [-0.1, -0.05) is 103 Å². The fraction of sp³-hybridized carbons (Fsp3) is 0.565. The van der Waals surface area contributed by atoms with Gasteiger partial charge >= 0.3 is 0 Å². The standard InChI is InChI=1S/C8H14.C7H10.C2H2O.3C2H6/c1-7(2)8-5-3-4-6-8;1-4-6-7(3)5-2;1-2-3;3*1-2/h8H,1,3-6H2,2H3;4-6H,1-2H2,3H3;1H2;3*1-2H3/b;7-6-;;;;. The molecule has 0 aromatic carbocycles. The van der Waals surface area contributed by atoms with Crippen molar-refractivity contribution in [1.82, 2.24) is 0 Å². The lowest BCUT2D eigenvalue weighted by Crippen LogP contribution is -1.91. The first-order valence-corrected chi connectivity index (χ1v) is 9.24. The highest BCUT2D eigenvalue weighted by molar-refractivity contribution is 5.38. The summed E-state index contributed by atoms with van der Waals surface area (Å²) in [6, 6.07) is 0. The molecule has 0 aliphatic heterocycles. The number of hydrogen-bond donors (Lipinski definition) is 0. The maximum absolute atomic E-state index is 8.57. The molecule has 0 amide bonds. The Balaban J connectivity index is -0.0000000687. The second kappa shape index (κ2) is 37.6. The van der Waals surface area contributed by atoms with Crippen LogP contribution < -0.4 is 0 Å². The largest absolute Gasteiger partial charge is 0.234 e. The molecular weight excluding hydrogens is 292 g/mol. The molecule has 0 radical (unpaired) electrons. The number of carbonyl (C=O) groups excluding carboxylic acids is 1. The molecule has 142 valence electrons. The Bertz CT molecular complexity index is 309. The van der Waals surface area contributed by atoms with E-state index in [1.165, 1.54) is 37.2 Å². The van der Waals surface area contributed by atoms with E-state index >= 15 is 0 Å². The predicted molar refractivity (Wildman–Crippen MR) is 116 cm³/mol. The molecule has 1 rings (SSSR count). The summed E-state index contributed by atoms with van der Waals surface area (Å²) >= 11 is 0. The SMILES string of the molecule is C=C(C)C1CCCC1.C=C/C=C(/C)C=C.C=C=O.CC.CC.CC. The number of rotatable bonds is 3. The van der Waals surface area contributed by atoms with E-state index in [-0.39, 0.29) is 0 Å². The summed E-state index contributed by atoms with van der Waals surface area (Å²) in [5.74, 6) is 2.12. The van der Waals surface area contributed by atoms with Crippen molar-refractivity contribution < 1.29 is 4.79 Å². The van der Waals surface area contributed by atoms with E-state index in [0.717, 1.165) is 11.5 Å². The summed E-state index contributed by atoms with van der Waals surface area (Å²) in [5.41, 5.74) is 2.54. The second-order valence-corrected chi connectivity index (χ2v) is 4.32. The van der Waals surface area contributed by atoms with Crippen molar-refractivity contribution >= 4 is 5.94 Å². The predicted octanol–water partition coefficient (Wildman–Crippen LogP) is 8.14. The van der Waals surface area contributed by atoms with Gasteiger partial charge in [0.15, 0.2) is 0 Å². The molecule has 1 aliphatic carbocycles. The van der Waals surface area contributed by atoms with Crippen LogP contribution in [-0.2, 0) is 4.79 Å². The molecule has 24 heavy (non-hydrogen) atoms. The van der Waals surface area contributed by atoms with E-state index in [9.17, 15) is 0 Å². The zero-order chi connectivity index (χ0) is 20.4. The van der Waals surface area contributed by atoms with Gasteiger partial charge in [0.25, 0.3) is 0 Å². The quantitative estimate of drug-likeness (QED) is 0.289. The summed E-state index contributed by atoms with van der Waals surface area (Å²) in [7, 11) is 0. The third-order valence-electron chi connectivity index (χ3n) is 2.75. The van der Waals surface area contributed by atoms with Gasteiger partial charge in [-0.2, -0.15) is 0 Å². The van der Waals surface area contributed by atoms with Crippen LogP contribution in [0.1, 0.15) is 81.1 Å². The Morgan fingerprint density at radius 2 is 1.29 bits per heavy atom. The molecule has 0 spiro atoms. The molecule has 0 saturated heterocycles. The van der Waals surface area contributed by atoms with E-state index in [2.05, 4.69) is 33.2 Å². The van der Waals surface area contributed by atoms with Crippen LogP contribution in [0, 0.1) is 5.92 Å². The minimum absolute atomic E-state index is 0.870. The molecular formula is C23H44O. The van der Waals surface area contributed by atoms with Crippen molar-refractivity contribution in [3.8, 4) is 0 Å². The van der Waals surface area contributed by atoms with Crippen LogP contribution in [0.15, 0.2) is 55.7 Å². The van der Waals surface area contributed by atoms with Gasteiger partial charge in [0, 0.05) is 0 Å². The summed E-state index contributed by atoms with van der Waals surface area (Å²) in [4.78, 5) is 8.57. The Kier molecular flexibility index (Phi) is 53.0. The number of allylic oxidation sites excluding steroid dienone is 5. The van der Waals surface area contributed by atoms with E-state index in [4.69, 9.17) is 4.79 Å². The zero-order valence-corrected chi connectivity index (χ0v) is 17.9. The van der Waals surface area contributed by atoms with Gasteiger partial charge in [-0.15, -0.1) is 0 Å². The van der Waals surface area contributed by atoms with Gasteiger partial charge < -0.3 is 0 Å². The first kappa shape index (κ1) is 33.9. The minimum atomic E-state index is 0.870. The summed E-state index contributed by atoms with van der Waals surface area (Å²) in [5, 5.41) is 0. The zero-order valence-electron chi connectivity index (χ0n) is 17.9. The van der Waals surface area contributed by atoms with Gasteiger partial charge in [-0.3, -0.25) is 0 Å². The minimum Gasteiger partial charge on any atom is -0.234 e. The van der Waals surface area contributed by atoms with Crippen molar-refractivity contribution in [3.63, 3.8) is 0 Å². The van der Waals surface area contributed by atoms with Crippen molar-refractivity contribution in [2.75, 3.05) is 0 Å². The molecule has 1 saturated carbocycles. The Morgan fingerprint density at radius 3 is 1.42 bits per heavy atom. The molecule has 1 nitrogen and oxygen atoms in total. The third kappa shape index (κ3) is 37.0. The molecule has 0 aromatic rings. The van der Waals surface area contributed by atoms with Crippen molar-refractivity contribution in [1.29, 1.82) is 0 Å². The fourth-order valence-electron chi connectivity index (χ4n) is 1.67.